The van der Waals surface area contributed by atoms with Crippen molar-refractivity contribution in [3.63, 3.8) is 0 Å². The molecular formula is C12H21NO2. The Balaban J connectivity index is 1.66. The van der Waals surface area contributed by atoms with Gasteiger partial charge in [-0.15, -0.1) is 0 Å². The summed E-state index contributed by atoms with van der Waals surface area (Å²) in [7, 11) is 0. The molecule has 0 aromatic heterocycles. The zero-order valence-electron chi connectivity index (χ0n) is 9.58. The largest absolute Gasteiger partial charge is 0.465 e. The van der Waals surface area contributed by atoms with Crippen LogP contribution in [-0.2, 0) is 9.53 Å². The molecule has 1 heterocycles. The van der Waals surface area contributed by atoms with Crippen LogP contribution in [0, 0.1) is 11.8 Å². The minimum absolute atomic E-state index is 0.0672. The number of hydrogen-bond acceptors (Lipinski definition) is 3. The van der Waals surface area contributed by atoms with Gasteiger partial charge < -0.3 is 4.74 Å². The maximum Gasteiger partial charge on any atom is 0.320 e. The predicted molar refractivity (Wildman–Crippen MR) is 58.5 cm³/mol. The highest BCUT2D eigenvalue weighted by Gasteiger charge is 2.33. The van der Waals surface area contributed by atoms with Crippen molar-refractivity contribution in [3.05, 3.63) is 0 Å². The van der Waals surface area contributed by atoms with Crippen LogP contribution < -0.4 is 0 Å². The molecule has 0 amide bonds. The first-order chi connectivity index (χ1) is 7.29. The summed E-state index contributed by atoms with van der Waals surface area (Å²) in [6.07, 6.45) is 5.46. The average molecular weight is 211 g/mol. The van der Waals surface area contributed by atoms with Gasteiger partial charge in [-0.3, -0.25) is 9.69 Å². The van der Waals surface area contributed by atoms with Crippen LogP contribution in [0.1, 0.15) is 32.6 Å². The predicted octanol–water partition coefficient (Wildman–Crippen LogP) is 1.67. The molecule has 0 aromatic rings. The molecule has 2 aliphatic rings. The number of esters is 1. The summed E-state index contributed by atoms with van der Waals surface area (Å²) in [5.74, 6) is 1.90. The quantitative estimate of drug-likeness (QED) is 0.662. The third-order valence-corrected chi connectivity index (χ3v) is 3.58. The first-order valence-electron chi connectivity index (χ1n) is 6.17. The molecule has 2 fully saturated rings. The molecule has 1 aliphatic carbocycles. The number of rotatable bonds is 4. The van der Waals surface area contributed by atoms with Gasteiger partial charge in [-0.2, -0.15) is 0 Å². The molecule has 0 aromatic carbocycles. The SMILES string of the molecule is CCOC(=O)CN1CCC(C2CC2)CC1. The van der Waals surface area contributed by atoms with Gasteiger partial charge in [0.1, 0.15) is 0 Å². The molecule has 1 saturated heterocycles. The standard InChI is InChI=1S/C12H21NO2/c1-2-15-12(14)9-13-7-5-11(6-8-13)10-3-4-10/h10-11H,2-9H2,1H3. The highest BCUT2D eigenvalue weighted by atomic mass is 16.5. The number of hydrogen-bond donors (Lipinski definition) is 0. The monoisotopic (exact) mass is 211 g/mol. The minimum Gasteiger partial charge on any atom is -0.465 e. The Bertz CT molecular complexity index is 218. The molecule has 0 atom stereocenters. The minimum atomic E-state index is -0.0672. The van der Waals surface area contributed by atoms with Gasteiger partial charge in [0.2, 0.25) is 0 Å². The lowest BCUT2D eigenvalue weighted by atomic mass is 9.92. The zero-order valence-corrected chi connectivity index (χ0v) is 9.58. The number of likely N-dealkylation sites (tertiary alicyclic amines) is 1. The molecule has 3 nitrogen and oxygen atoms in total. The molecule has 15 heavy (non-hydrogen) atoms. The van der Waals surface area contributed by atoms with Crippen molar-refractivity contribution in [2.24, 2.45) is 11.8 Å². The van der Waals surface area contributed by atoms with Crippen LogP contribution in [0.25, 0.3) is 0 Å². The first-order valence-corrected chi connectivity index (χ1v) is 6.17. The summed E-state index contributed by atoms with van der Waals surface area (Å²) in [4.78, 5) is 13.5. The van der Waals surface area contributed by atoms with E-state index in [-0.39, 0.29) is 5.97 Å². The van der Waals surface area contributed by atoms with E-state index < -0.39 is 0 Å². The van der Waals surface area contributed by atoms with Crippen molar-refractivity contribution in [2.75, 3.05) is 26.2 Å². The fraction of sp³-hybridized carbons (Fsp3) is 0.917. The van der Waals surface area contributed by atoms with Crippen molar-refractivity contribution in [1.29, 1.82) is 0 Å². The molecule has 0 N–H and O–H groups in total. The van der Waals surface area contributed by atoms with Crippen LogP contribution in [0.15, 0.2) is 0 Å². The third kappa shape index (κ3) is 3.20. The van der Waals surface area contributed by atoms with Gasteiger partial charge in [0.05, 0.1) is 13.2 Å². The second-order valence-electron chi connectivity index (χ2n) is 4.76. The zero-order chi connectivity index (χ0) is 10.7. The van der Waals surface area contributed by atoms with Crippen molar-refractivity contribution in [3.8, 4) is 0 Å². The maximum absolute atomic E-state index is 11.3. The molecule has 0 spiro atoms. The Labute approximate surface area is 91.8 Å². The molecule has 0 unspecified atom stereocenters. The average Bonchev–Trinajstić information content (AvgIpc) is 3.03. The van der Waals surface area contributed by atoms with Gasteiger partial charge in [-0.05, 0) is 57.5 Å². The summed E-state index contributed by atoms with van der Waals surface area (Å²) in [5.41, 5.74) is 0. The van der Waals surface area contributed by atoms with Gasteiger partial charge in [0.15, 0.2) is 0 Å². The van der Waals surface area contributed by atoms with Crippen LogP contribution in [0.5, 0.6) is 0 Å². The number of piperidine rings is 1. The van der Waals surface area contributed by atoms with Crippen molar-refractivity contribution < 1.29 is 9.53 Å². The first kappa shape index (κ1) is 10.9. The summed E-state index contributed by atoms with van der Waals surface area (Å²) in [6, 6.07) is 0. The Morgan fingerprint density at radius 3 is 2.33 bits per heavy atom. The Hall–Kier alpha value is -0.570. The molecule has 0 bridgehead atoms. The lowest BCUT2D eigenvalue weighted by molar-refractivity contribution is -0.144. The molecular weight excluding hydrogens is 190 g/mol. The summed E-state index contributed by atoms with van der Waals surface area (Å²) in [5, 5.41) is 0. The van der Waals surface area contributed by atoms with E-state index in [2.05, 4.69) is 4.90 Å². The Morgan fingerprint density at radius 1 is 1.20 bits per heavy atom. The topological polar surface area (TPSA) is 29.5 Å². The van der Waals surface area contributed by atoms with Crippen molar-refractivity contribution >= 4 is 5.97 Å². The number of carbonyl (C=O) groups is 1. The van der Waals surface area contributed by atoms with E-state index in [0.29, 0.717) is 13.2 Å². The van der Waals surface area contributed by atoms with Crippen LogP contribution >= 0.6 is 0 Å². The highest BCUT2D eigenvalue weighted by Crippen LogP contribution is 2.41. The van der Waals surface area contributed by atoms with E-state index in [9.17, 15) is 4.79 Å². The summed E-state index contributed by atoms with van der Waals surface area (Å²) in [6.45, 7) is 5.01. The Kier molecular flexibility index (Phi) is 3.62. The van der Waals surface area contributed by atoms with E-state index in [4.69, 9.17) is 4.74 Å². The molecule has 86 valence electrons. The number of ether oxygens (including phenoxy) is 1. The highest BCUT2D eigenvalue weighted by molar-refractivity contribution is 5.71. The van der Waals surface area contributed by atoms with Gasteiger partial charge >= 0.3 is 5.97 Å². The second-order valence-corrected chi connectivity index (χ2v) is 4.76. The van der Waals surface area contributed by atoms with Crippen molar-refractivity contribution in [1.82, 2.24) is 4.90 Å². The van der Waals surface area contributed by atoms with E-state index in [1.54, 1.807) is 0 Å². The van der Waals surface area contributed by atoms with Crippen molar-refractivity contribution in [2.45, 2.75) is 32.6 Å². The smallest absolute Gasteiger partial charge is 0.320 e. The summed E-state index contributed by atoms with van der Waals surface area (Å²) >= 11 is 0. The van der Waals surface area contributed by atoms with E-state index in [0.717, 1.165) is 24.9 Å². The lowest BCUT2D eigenvalue weighted by Crippen LogP contribution is -2.38. The molecule has 0 radical (unpaired) electrons. The van der Waals surface area contributed by atoms with E-state index >= 15 is 0 Å². The molecule has 1 saturated carbocycles. The fourth-order valence-corrected chi connectivity index (χ4v) is 2.54. The van der Waals surface area contributed by atoms with Crippen LogP contribution in [0.4, 0.5) is 0 Å². The van der Waals surface area contributed by atoms with Crippen LogP contribution in [0.3, 0.4) is 0 Å². The van der Waals surface area contributed by atoms with E-state index in [1.807, 2.05) is 6.92 Å². The van der Waals surface area contributed by atoms with Crippen LogP contribution in [0.2, 0.25) is 0 Å². The molecule has 3 heteroatoms. The summed E-state index contributed by atoms with van der Waals surface area (Å²) < 4.78 is 4.95. The number of carbonyl (C=O) groups excluding carboxylic acids is 1. The van der Waals surface area contributed by atoms with Crippen LogP contribution in [-0.4, -0.2) is 37.1 Å². The van der Waals surface area contributed by atoms with Gasteiger partial charge in [-0.25, -0.2) is 0 Å². The normalized spacial score (nSPS) is 24.1. The number of nitrogens with zero attached hydrogens (tertiary/aromatic N) is 1. The third-order valence-electron chi connectivity index (χ3n) is 3.58. The fourth-order valence-electron chi connectivity index (χ4n) is 2.54. The van der Waals surface area contributed by atoms with Gasteiger partial charge in [0, 0.05) is 0 Å². The molecule has 2 rings (SSSR count). The Morgan fingerprint density at radius 2 is 1.80 bits per heavy atom. The lowest BCUT2D eigenvalue weighted by Gasteiger charge is -2.31. The van der Waals surface area contributed by atoms with Gasteiger partial charge in [-0.1, -0.05) is 0 Å². The maximum atomic E-state index is 11.3. The van der Waals surface area contributed by atoms with Gasteiger partial charge in [0.25, 0.3) is 0 Å². The van der Waals surface area contributed by atoms with E-state index in [1.165, 1.54) is 25.7 Å². The second kappa shape index (κ2) is 4.97. The molecule has 1 aliphatic heterocycles.